The molecule has 0 fully saturated rings. The van der Waals surface area contributed by atoms with Gasteiger partial charge in [-0.15, -0.1) is 11.3 Å². The lowest BCUT2D eigenvalue weighted by Crippen LogP contribution is -1.98. The molecule has 2 heterocycles. The lowest BCUT2D eigenvalue weighted by Gasteiger charge is -2.03. The molecule has 0 spiro atoms. The summed E-state index contributed by atoms with van der Waals surface area (Å²) in [6, 6.07) is 12.0. The first-order valence-corrected chi connectivity index (χ1v) is 8.70. The Balaban J connectivity index is 1.92. The highest BCUT2D eigenvalue weighted by atomic mass is 32.1. The molecular formula is C20H20N2OS. The van der Waals surface area contributed by atoms with Crippen LogP contribution in [0.3, 0.4) is 0 Å². The molecule has 3 rings (SSSR count). The number of ketones is 1. The lowest BCUT2D eigenvalue weighted by molar-refractivity contribution is 0.104. The molecule has 0 aliphatic heterocycles. The van der Waals surface area contributed by atoms with Crippen molar-refractivity contribution in [3.63, 3.8) is 0 Å². The maximum atomic E-state index is 12.4. The molecule has 0 amide bonds. The summed E-state index contributed by atoms with van der Waals surface area (Å²) in [7, 11) is 0. The van der Waals surface area contributed by atoms with E-state index >= 15 is 0 Å². The van der Waals surface area contributed by atoms with Gasteiger partial charge in [0.2, 0.25) is 0 Å². The summed E-state index contributed by atoms with van der Waals surface area (Å²) in [6.45, 7) is 8.01. The van der Waals surface area contributed by atoms with E-state index in [0.717, 1.165) is 38.0 Å². The number of aromatic nitrogens is 2. The van der Waals surface area contributed by atoms with Crippen LogP contribution in [0, 0.1) is 27.7 Å². The van der Waals surface area contributed by atoms with Gasteiger partial charge in [0.25, 0.3) is 0 Å². The molecule has 0 unspecified atom stereocenters. The highest BCUT2D eigenvalue weighted by molar-refractivity contribution is 7.12. The second-order valence-electron chi connectivity index (χ2n) is 5.86. The average Bonchev–Trinajstić information content (AvgIpc) is 3.05. The molecule has 0 saturated heterocycles. The smallest absolute Gasteiger partial charge is 0.186 e. The van der Waals surface area contributed by atoms with Gasteiger partial charge in [0.05, 0.1) is 11.4 Å². The highest BCUT2D eigenvalue weighted by Gasteiger charge is 2.12. The minimum Gasteiger partial charge on any atom is -0.289 e. The summed E-state index contributed by atoms with van der Waals surface area (Å²) >= 11 is 1.66. The van der Waals surface area contributed by atoms with Gasteiger partial charge in [-0.1, -0.05) is 18.2 Å². The molecule has 2 aromatic heterocycles. The molecule has 0 atom stereocenters. The number of rotatable bonds is 4. The van der Waals surface area contributed by atoms with Gasteiger partial charge in [0.15, 0.2) is 5.78 Å². The normalized spacial score (nSPS) is 11.3. The minimum atomic E-state index is 0.0445. The summed E-state index contributed by atoms with van der Waals surface area (Å²) in [4.78, 5) is 14.7. The van der Waals surface area contributed by atoms with Crippen LogP contribution in [0.5, 0.6) is 0 Å². The molecule has 3 aromatic rings. The van der Waals surface area contributed by atoms with E-state index in [1.807, 2.05) is 74.9 Å². The first-order valence-electron chi connectivity index (χ1n) is 7.88. The summed E-state index contributed by atoms with van der Waals surface area (Å²) < 4.78 is 1.92. The highest BCUT2D eigenvalue weighted by Crippen LogP contribution is 2.23. The van der Waals surface area contributed by atoms with Crippen LogP contribution >= 0.6 is 11.3 Å². The van der Waals surface area contributed by atoms with Gasteiger partial charge in [-0.25, -0.2) is 4.68 Å². The Hall–Kier alpha value is -2.46. The van der Waals surface area contributed by atoms with Gasteiger partial charge in [-0.3, -0.25) is 4.79 Å². The Kier molecular flexibility index (Phi) is 4.49. The number of thiophene rings is 1. The van der Waals surface area contributed by atoms with Crippen molar-refractivity contribution in [1.82, 2.24) is 9.78 Å². The van der Waals surface area contributed by atoms with Crippen LogP contribution in [-0.4, -0.2) is 15.6 Å². The predicted molar refractivity (Wildman–Crippen MR) is 100 cm³/mol. The van der Waals surface area contributed by atoms with Crippen molar-refractivity contribution in [1.29, 1.82) is 0 Å². The number of para-hydroxylation sites is 1. The predicted octanol–water partition coefficient (Wildman–Crippen LogP) is 5.06. The standard InChI is InChI=1S/C20H20N2OS/c1-13-12-19(16(4)24-13)20(23)11-10-18-14(2)21-22(15(18)3)17-8-6-5-7-9-17/h5-12H,1-4H3/b11-10+. The fraction of sp³-hybridized carbons (Fsp3) is 0.200. The Morgan fingerprint density at radius 3 is 2.46 bits per heavy atom. The first-order chi connectivity index (χ1) is 11.5. The van der Waals surface area contributed by atoms with E-state index in [1.54, 1.807) is 17.4 Å². The monoisotopic (exact) mass is 336 g/mol. The molecule has 4 heteroatoms. The zero-order valence-electron chi connectivity index (χ0n) is 14.3. The van der Waals surface area contributed by atoms with Crippen molar-refractivity contribution < 1.29 is 4.79 Å². The molecular weight excluding hydrogens is 316 g/mol. The van der Waals surface area contributed by atoms with Crippen molar-refractivity contribution in [3.8, 4) is 5.69 Å². The molecule has 0 bridgehead atoms. The Labute approximate surface area is 146 Å². The maximum Gasteiger partial charge on any atom is 0.186 e. The van der Waals surface area contributed by atoms with Crippen LogP contribution < -0.4 is 0 Å². The van der Waals surface area contributed by atoms with E-state index in [4.69, 9.17) is 0 Å². The van der Waals surface area contributed by atoms with Crippen molar-refractivity contribution >= 4 is 23.2 Å². The molecule has 3 nitrogen and oxygen atoms in total. The van der Waals surface area contributed by atoms with Crippen molar-refractivity contribution in [2.75, 3.05) is 0 Å². The third-order valence-corrected chi connectivity index (χ3v) is 5.02. The second-order valence-corrected chi connectivity index (χ2v) is 7.32. The molecule has 0 radical (unpaired) electrons. The van der Waals surface area contributed by atoms with Gasteiger partial charge in [-0.2, -0.15) is 5.10 Å². The minimum absolute atomic E-state index is 0.0445. The van der Waals surface area contributed by atoms with Crippen LogP contribution in [-0.2, 0) is 0 Å². The number of benzene rings is 1. The molecule has 0 saturated carbocycles. The van der Waals surface area contributed by atoms with Gasteiger partial charge in [-0.05, 0) is 58.0 Å². The number of allylic oxidation sites excluding steroid dienone is 1. The number of hydrogen-bond acceptors (Lipinski definition) is 3. The van der Waals surface area contributed by atoms with Gasteiger partial charge in [0.1, 0.15) is 0 Å². The second kappa shape index (κ2) is 6.57. The summed E-state index contributed by atoms with van der Waals surface area (Å²) in [5.41, 5.74) is 4.75. The van der Waals surface area contributed by atoms with E-state index in [1.165, 1.54) is 0 Å². The van der Waals surface area contributed by atoms with Crippen molar-refractivity contribution in [2.45, 2.75) is 27.7 Å². The van der Waals surface area contributed by atoms with E-state index in [9.17, 15) is 4.79 Å². The number of hydrogen-bond donors (Lipinski definition) is 0. The first kappa shape index (κ1) is 16.4. The Morgan fingerprint density at radius 1 is 1.12 bits per heavy atom. The van der Waals surface area contributed by atoms with Crippen LogP contribution in [0.4, 0.5) is 0 Å². The van der Waals surface area contributed by atoms with Crippen LogP contribution in [0.2, 0.25) is 0 Å². The molecule has 122 valence electrons. The molecule has 0 aliphatic rings. The van der Waals surface area contributed by atoms with Crippen molar-refractivity contribution in [3.05, 3.63) is 74.7 Å². The largest absolute Gasteiger partial charge is 0.289 e. The summed E-state index contributed by atoms with van der Waals surface area (Å²) in [5, 5.41) is 4.61. The molecule has 24 heavy (non-hydrogen) atoms. The van der Waals surface area contributed by atoms with E-state index in [0.29, 0.717) is 0 Å². The molecule has 0 N–H and O–H groups in total. The van der Waals surface area contributed by atoms with Crippen molar-refractivity contribution in [2.24, 2.45) is 0 Å². The zero-order valence-corrected chi connectivity index (χ0v) is 15.1. The molecule has 1 aromatic carbocycles. The van der Waals surface area contributed by atoms with Gasteiger partial charge >= 0.3 is 0 Å². The summed E-state index contributed by atoms with van der Waals surface area (Å²) in [5.74, 6) is 0.0445. The van der Waals surface area contributed by atoms with Gasteiger partial charge in [0, 0.05) is 26.6 Å². The SMILES string of the molecule is Cc1cc(C(=O)/C=C/c2c(C)nn(-c3ccccc3)c2C)c(C)s1. The van der Waals surface area contributed by atoms with E-state index in [2.05, 4.69) is 5.10 Å². The number of carbonyl (C=O) groups is 1. The number of aryl methyl sites for hydroxylation is 3. The maximum absolute atomic E-state index is 12.4. The van der Waals surface area contributed by atoms with Crippen LogP contribution in [0.25, 0.3) is 11.8 Å². The summed E-state index contributed by atoms with van der Waals surface area (Å²) in [6.07, 6.45) is 3.53. The van der Waals surface area contributed by atoms with Gasteiger partial charge < -0.3 is 0 Å². The van der Waals surface area contributed by atoms with E-state index in [-0.39, 0.29) is 5.78 Å². The fourth-order valence-corrected chi connectivity index (χ4v) is 3.77. The van der Waals surface area contributed by atoms with Crippen LogP contribution in [0.1, 0.15) is 37.1 Å². The lowest BCUT2D eigenvalue weighted by atomic mass is 10.1. The van der Waals surface area contributed by atoms with Crippen LogP contribution in [0.15, 0.2) is 42.5 Å². The zero-order chi connectivity index (χ0) is 17.3. The average molecular weight is 336 g/mol. The number of nitrogens with zero attached hydrogens (tertiary/aromatic N) is 2. The fourth-order valence-electron chi connectivity index (χ4n) is 2.84. The quantitative estimate of drug-likeness (QED) is 0.493. The Morgan fingerprint density at radius 2 is 1.83 bits per heavy atom. The van der Waals surface area contributed by atoms with E-state index < -0.39 is 0 Å². The number of carbonyl (C=O) groups excluding carboxylic acids is 1. The molecule has 0 aliphatic carbocycles. The Bertz CT molecular complexity index is 917. The topological polar surface area (TPSA) is 34.9 Å². The third-order valence-electron chi connectivity index (χ3n) is 4.06. The third kappa shape index (κ3) is 3.10.